The minimum Gasteiger partial charge on any atom is -0.368 e. The average molecular weight is 314 g/mol. The summed E-state index contributed by atoms with van der Waals surface area (Å²) in [4.78, 5) is 4.95. The quantitative estimate of drug-likeness (QED) is 0.710. The SMILES string of the molecule is CC(C)CNCc1cnc(COCC(F)(F)C(F)F)s1. The maximum absolute atomic E-state index is 12.6. The third kappa shape index (κ3) is 6.15. The fourth-order valence-corrected chi connectivity index (χ4v) is 2.15. The highest BCUT2D eigenvalue weighted by Gasteiger charge is 2.40. The van der Waals surface area contributed by atoms with Crippen molar-refractivity contribution in [1.29, 1.82) is 0 Å². The molecular weight excluding hydrogens is 296 g/mol. The lowest BCUT2D eigenvalue weighted by Gasteiger charge is -2.14. The van der Waals surface area contributed by atoms with Crippen molar-refractivity contribution in [3.63, 3.8) is 0 Å². The number of ether oxygens (including phenoxy) is 1. The predicted octanol–water partition coefficient (Wildman–Crippen LogP) is 3.31. The highest BCUT2D eigenvalue weighted by Crippen LogP contribution is 2.23. The summed E-state index contributed by atoms with van der Waals surface area (Å²) in [5.74, 6) is -3.58. The molecule has 0 amide bonds. The summed E-state index contributed by atoms with van der Waals surface area (Å²) in [6, 6.07) is 0. The molecule has 0 saturated heterocycles. The van der Waals surface area contributed by atoms with Crippen molar-refractivity contribution in [2.45, 2.75) is 39.3 Å². The summed E-state index contributed by atoms with van der Waals surface area (Å²) < 4.78 is 53.6. The number of hydrogen-bond donors (Lipinski definition) is 1. The van der Waals surface area contributed by atoms with Crippen molar-refractivity contribution in [3.8, 4) is 0 Å². The summed E-state index contributed by atoms with van der Waals surface area (Å²) in [6.45, 7) is 4.19. The van der Waals surface area contributed by atoms with E-state index in [1.165, 1.54) is 11.3 Å². The largest absolute Gasteiger partial charge is 0.368 e. The van der Waals surface area contributed by atoms with E-state index >= 15 is 0 Å². The van der Waals surface area contributed by atoms with E-state index in [4.69, 9.17) is 0 Å². The van der Waals surface area contributed by atoms with Crippen LogP contribution in [0.25, 0.3) is 0 Å². The topological polar surface area (TPSA) is 34.2 Å². The molecular formula is C12H18F4N2OS. The van der Waals surface area contributed by atoms with Crippen LogP contribution in [0, 0.1) is 5.92 Å². The summed E-state index contributed by atoms with van der Waals surface area (Å²) >= 11 is 1.31. The second-order valence-electron chi connectivity index (χ2n) is 4.80. The van der Waals surface area contributed by atoms with E-state index in [-0.39, 0.29) is 6.61 Å². The van der Waals surface area contributed by atoms with Gasteiger partial charge in [0.25, 0.3) is 0 Å². The molecule has 0 aromatic carbocycles. The number of aromatic nitrogens is 1. The Morgan fingerprint density at radius 3 is 2.70 bits per heavy atom. The molecule has 8 heteroatoms. The number of hydrogen-bond acceptors (Lipinski definition) is 4. The van der Waals surface area contributed by atoms with Gasteiger partial charge in [-0.05, 0) is 12.5 Å². The summed E-state index contributed by atoms with van der Waals surface area (Å²) in [7, 11) is 0. The summed E-state index contributed by atoms with van der Waals surface area (Å²) in [5.41, 5.74) is 0. The van der Waals surface area contributed by atoms with Crippen LogP contribution in [0.5, 0.6) is 0 Å². The van der Waals surface area contributed by atoms with Gasteiger partial charge in [0.05, 0.1) is 6.61 Å². The number of alkyl halides is 4. The Labute approximate surface area is 119 Å². The summed E-state index contributed by atoms with van der Waals surface area (Å²) in [5, 5.41) is 3.72. The molecule has 1 aromatic rings. The fourth-order valence-electron chi connectivity index (χ4n) is 1.32. The van der Waals surface area contributed by atoms with Gasteiger partial charge in [0, 0.05) is 17.6 Å². The minimum absolute atomic E-state index is 0.183. The number of halogens is 4. The zero-order valence-electron chi connectivity index (χ0n) is 11.3. The number of nitrogens with one attached hydrogen (secondary N) is 1. The maximum atomic E-state index is 12.6. The Kier molecular flexibility index (Phi) is 6.84. The first-order valence-corrected chi connectivity index (χ1v) is 7.01. The molecule has 3 nitrogen and oxygen atoms in total. The molecule has 0 atom stereocenters. The lowest BCUT2D eigenvalue weighted by atomic mass is 10.2. The lowest BCUT2D eigenvalue weighted by Crippen LogP contribution is -2.32. The second-order valence-corrected chi connectivity index (χ2v) is 6.00. The molecule has 1 heterocycles. The maximum Gasteiger partial charge on any atom is 0.330 e. The predicted molar refractivity (Wildman–Crippen MR) is 69.3 cm³/mol. The van der Waals surface area contributed by atoms with Gasteiger partial charge in [0.1, 0.15) is 11.6 Å². The molecule has 0 unspecified atom stereocenters. The molecule has 0 aliphatic carbocycles. The summed E-state index contributed by atoms with van der Waals surface area (Å²) in [6.07, 6.45) is -2.09. The van der Waals surface area contributed by atoms with Gasteiger partial charge in [0.2, 0.25) is 0 Å². The minimum atomic E-state index is -4.11. The first kappa shape index (κ1) is 17.3. The molecule has 1 aromatic heterocycles. The van der Waals surface area contributed by atoms with Crippen molar-refractivity contribution in [2.24, 2.45) is 5.92 Å². The van der Waals surface area contributed by atoms with Gasteiger partial charge in [-0.2, -0.15) is 8.78 Å². The molecule has 0 fully saturated rings. The Morgan fingerprint density at radius 2 is 2.10 bits per heavy atom. The van der Waals surface area contributed by atoms with Crippen LogP contribution in [0.15, 0.2) is 6.20 Å². The van der Waals surface area contributed by atoms with Crippen LogP contribution in [0.2, 0.25) is 0 Å². The first-order valence-electron chi connectivity index (χ1n) is 6.19. The lowest BCUT2D eigenvalue weighted by molar-refractivity contribution is -0.168. The zero-order valence-corrected chi connectivity index (χ0v) is 12.2. The third-order valence-electron chi connectivity index (χ3n) is 2.29. The molecule has 1 N–H and O–H groups in total. The van der Waals surface area contributed by atoms with Gasteiger partial charge >= 0.3 is 12.3 Å². The molecule has 0 aliphatic rings. The highest BCUT2D eigenvalue weighted by atomic mass is 32.1. The molecule has 20 heavy (non-hydrogen) atoms. The molecule has 0 radical (unpaired) electrons. The smallest absolute Gasteiger partial charge is 0.330 e. The van der Waals surface area contributed by atoms with Crippen molar-refractivity contribution >= 4 is 11.3 Å². The Hall–Kier alpha value is -0.730. The van der Waals surface area contributed by atoms with Gasteiger partial charge in [-0.1, -0.05) is 13.8 Å². The van der Waals surface area contributed by atoms with Crippen molar-refractivity contribution < 1.29 is 22.3 Å². The normalized spacial score (nSPS) is 12.6. The molecule has 1 rings (SSSR count). The van der Waals surface area contributed by atoms with E-state index in [2.05, 4.69) is 28.9 Å². The Bertz CT molecular complexity index is 399. The second kappa shape index (κ2) is 7.90. The van der Waals surface area contributed by atoms with E-state index in [9.17, 15) is 17.6 Å². The van der Waals surface area contributed by atoms with Crippen LogP contribution in [-0.4, -0.2) is 30.5 Å². The van der Waals surface area contributed by atoms with Crippen molar-refractivity contribution in [3.05, 3.63) is 16.1 Å². The van der Waals surface area contributed by atoms with Gasteiger partial charge in [-0.25, -0.2) is 13.8 Å². The van der Waals surface area contributed by atoms with Crippen LogP contribution in [-0.2, 0) is 17.9 Å². The van der Waals surface area contributed by atoms with E-state index in [0.29, 0.717) is 17.5 Å². The molecule has 0 saturated carbocycles. The molecule has 0 aliphatic heterocycles. The standard InChI is InChI=1S/C12H18F4N2OS/c1-8(2)3-17-4-9-5-18-10(20-9)6-19-7-12(15,16)11(13)14/h5,8,11,17H,3-4,6-7H2,1-2H3. The zero-order chi connectivity index (χ0) is 15.2. The van der Waals surface area contributed by atoms with Crippen molar-refractivity contribution in [2.75, 3.05) is 13.2 Å². The number of thiazole rings is 1. The third-order valence-corrected chi connectivity index (χ3v) is 3.26. The van der Waals surface area contributed by atoms with E-state index in [1.807, 2.05) is 0 Å². The number of rotatable bonds is 9. The van der Waals surface area contributed by atoms with E-state index in [0.717, 1.165) is 11.4 Å². The molecule has 0 bridgehead atoms. The molecule has 116 valence electrons. The van der Waals surface area contributed by atoms with Crippen LogP contribution in [0.1, 0.15) is 23.7 Å². The highest BCUT2D eigenvalue weighted by molar-refractivity contribution is 7.11. The fraction of sp³-hybridized carbons (Fsp3) is 0.750. The van der Waals surface area contributed by atoms with Crippen LogP contribution in [0.4, 0.5) is 17.6 Å². The van der Waals surface area contributed by atoms with E-state index < -0.39 is 19.0 Å². The monoisotopic (exact) mass is 314 g/mol. The first-order chi connectivity index (χ1) is 9.31. The van der Waals surface area contributed by atoms with Crippen LogP contribution in [0.3, 0.4) is 0 Å². The Balaban J connectivity index is 2.30. The Morgan fingerprint density at radius 1 is 1.40 bits per heavy atom. The molecule has 0 spiro atoms. The van der Waals surface area contributed by atoms with Crippen LogP contribution >= 0.6 is 11.3 Å². The van der Waals surface area contributed by atoms with Gasteiger partial charge < -0.3 is 10.1 Å². The van der Waals surface area contributed by atoms with Gasteiger partial charge in [-0.3, -0.25) is 0 Å². The average Bonchev–Trinajstić information content (AvgIpc) is 2.76. The van der Waals surface area contributed by atoms with Crippen molar-refractivity contribution in [1.82, 2.24) is 10.3 Å². The number of nitrogens with zero attached hydrogens (tertiary/aromatic N) is 1. The van der Waals surface area contributed by atoms with Gasteiger partial charge in [0.15, 0.2) is 0 Å². The van der Waals surface area contributed by atoms with Crippen LogP contribution < -0.4 is 5.32 Å². The van der Waals surface area contributed by atoms with Gasteiger partial charge in [-0.15, -0.1) is 11.3 Å². The van der Waals surface area contributed by atoms with E-state index in [1.54, 1.807) is 6.20 Å².